The summed E-state index contributed by atoms with van der Waals surface area (Å²) in [6, 6.07) is 46.2. The zero-order valence-electron chi connectivity index (χ0n) is 24.9. The maximum Gasteiger partial charge on any atom is 0.162 e. The number of rotatable bonds is 2. The van der Waals surface area contributed by atoms with E-state index in [1.54, 1.807) is 11.3 Å². The fraction of sp³-hybridized carbons (Fsp3) is 0.0732. The number of thiophene rings is 1. The Hall–Kier alpha value is -5.32. The molecular formula is C41H27N3S. The van der Waals surface area contributed by atoms with Crippen molar-refractivity contribution >= 4 is 64.2 Å². The lowest BCUT2D eigenvalue weighted by atomic mass is 9.82. The summed E-state index contributed by atoms with van der Waals surface area (Å²) in [5, 5.41) is 6.08. The third-order valence-corrected chi connectivity index (χ3v) is 11.0. The molecule has 0 radical (unpaired) electrons. The molecule has 4 heteroatoms. The van der Waals surface area contributed by atoms with Gasteiger partial charge in [-0.1, -0.05) is 111 Å². The maximum absolute atomic E-state index is 5.47. The van der Waals surface area contributed by atoms with Gasteiger partial charge < -0.3 is 0 Å². The van der Waals surface area contributed by atoms with Crippen LogP contribution in [-0.2, 0) is 5.41 Å². The van der Waals surface area contributed by atoms with E-state index >= 15 is 0 Å². The van der Waals surface area contributed by atoms with E-state index in [0.29, 0.717) is 0 Å². The smallest absolute Gasteiger partial charge is 0.162 e. The summed E-state index contributed by atoms with van der Waals surface area (Å²) in [6.45, 7) is 4.64. The summed E-state index contributed by atoms with van der Waals surface area (Å²) < 4.78 is 4.69. The molecule has 3 nitrogen and oxygen atoms in total. The van der Waals surface area contributed by atoms with Crippen LogP contribution in [0.25, 0.3) is 81.2 Å². The molecule has 0 fully saturated rings. The van der Waals surface area contributed by atoms with Crippen LogP contribution in [0.4, 0.5) is 0 Å². The average molecular weight is 594 g/mol. The van der Waals surface area contributed by atoms with Gasteiger partial charge in [-0.2, -0.15) is 0 Å². The zero-order chi connectivity index (χ0) is 29.9. The zero-order valence-corrected chi connectivity index (χ0v) is 25.7. The molecule has 6 aromatic carbocycles. The van der Waals surface area contributed by atoms with Gasteiger partial charge in [0.25, 0.3) is 0 Å². The third-order valence-electron chi connectivity index (χ3n) is 9.80. The van der Waals surface area contributed by atoms with Gasteiger partial charge in [0.1, 0.15) is 0 Å². The van der Waals surface area contributed by atoms with Crippen molar-refractivity contribution in [1.29, 1.82) is 0 Å². The summed E-state index contributed by atoms with van der Waals surface area (Å²) in [5.74, 6) is 1.68. The molecule has 0 saturated carbocycles. The van der Waals surface area contributed by atoms with E-state index in [2.05, 4.69) is 146 Å². The minimum absolute atomic E-state index is 0.0459. The predicted octanol–water partition coefficient (Wildman–Crippen LogP) is 11.1. The summed E-state index contributed by atoms with van der Waals surface area (Å²) in [6.07, 6.45) is 0. The Morgan fingerprint density at radius 1 is 0.578 bits per heavy atom. The van der Waals surface area contributed by atoms with Gasteiger partial charge in [0, 0.05) is 31.8 Å². The number of aromatic nitrogens is 3. The Morgan fingerprint density at radius 2 is 1.29 bits per heavy atom. The van der Waals surface area contributed by atoms with Gasteiger partial charge in [-0.05, 0) is 63.4 Å². The van der Waals surface area contributed by atoms with Crippen molar-refractivity contribution in [3.8, 4) is 28.3 Å². The topological polar surface area (TPSA) is 30.7 Å². The molecule has 1 aliphatic rings. The number of hydrogen-bond acceptors (Lipinski definition) is 3. The largest absolute Gasteiger partial charge is 0.292 e. The van der Waals surface area contributed by atoms with Crippen molar-refractivity contribution in [3.05, 3.63) is 139 Å². The monoisotopic (exact) mass is 593 g/mol. The van der Waals surface area contributed by atoms with E-state index in [-0.39, 0.29) is 5.41 Å². The van der Waals surface area contributed by atoms with Crippen molar-refractivity contribution in [2.45, 2.75) is 19.3 Å². The summed E-state index contributed by atoms with van der Waals surface area (Å²) in [5.41, 5.74) is 9.59. The van der Waals surface area contributed by atoms with Gasteiger partial charge in [0.15, 0.2) is 11.6 Å². The van der Waals surface area contributed by atoms with Crippen LogP contribution in [-0.4, -0.2) is 14.5 Å². The highest BCUT2D eigenvalue weighted by Crippen LogP contribution is 2.49. The molecule has 0 saturated heterocycles. The molecule has 10 rings (SSSR count). The lowest BCUT2D eigenvalue weighted by molar-refractivity contribution is 0.660. The molecule has 0 atom stereocenters. The minimum atomic E-state index is -0.0459. The van der Waals surface area contributed by atoms with E-state index in [4.69, 9.17) is 9.97 Å². The Balaban J connectivity index is 1.32. The molecule has 212 valence electrons. The quantitative estimate of drug-likeness (QED) is 0.200. The standard InChI is InChI=1S/C41H27N3S/c1-41(2)32-16-8-5-13-27(32)30-22-26(19-20-33(30)41)39-42-37-29-15-7-10-18-36(29)45-38(37)40(43-39)44-34-17-9-6-14-28(34)31-21-24-11-3-4-12-25(24)23-35(31)44/h3-23H,1-2H3. The van der Waals surface area contributed by atoms with Crippen LogP contribution >= 0.6 is 11.3 Å². The first-order valence-electron chi connectivity index (χ1n) is 15.4. The highest BCUT2D eigenvalue weighted by atomic mass is 32.1. The van der Waals surface area contributed by atoms with E-state index in [0.717, 1.165) is 38.5 Å². The second-order valence-corrected chi connectivity index (χ2v) is 13.7. The Bertz CT molecular complexity index is 2690. The first-order chi connectivity index (χ1) is 22.1. The van der Waals surface area contributed by atoms with E-state index in [1.807, 2.05) is 0 Å². The first kappa shape index (κ1) is 25.1. The lowest BCUT2D eigenvalue weighted by Gasteiger charge is -2.21. The summed E-state index contributed by atoms with van der Waals surface area (Å²) in [7, 11) is 0. The van der Waals surface area contributed by atoms with Crippen molar-refractivity contribution < 1.29 is 0 Å². The fourth-order valence-electron chi connectivity index (χ4n) is 7.60. The Morgan fingerprint density at radius 3 is 2.18 bits per heavy atom. The lowest BCUT2D eigenvalue weighted by Crippen LogP contribution is -2.14. The third kappa shape index (κ3) is 3.40. The van der Waals surface area contributed by atoms with Crippen LogP contribution in [0.1, 0.15) is 25.0 Å². The number of fused-ring (bicyclic) bond motifs is 10. The predicted molar refractivity (Wildman–Crippen MR) is 190 cm³/mol. The maximum atomic E-state index is 5.47. The SMILES string of the molecule is CC1(C)c2ccccc2-c2cc(-c3nc(-n4c5ccccc5c5cc6ccccc6cc54)c4sc5ccccc5c4n3)ccc21. The molecule has 0 amide bonds. The minimum Gasteiger partial charge on any atom is -0.292 e. The van der Waals surface area contributed by atoms with Crippen LogP contribution < -0.4 is 0 Å². The van der Waals surface area contributed by atoms with Crippen molar-refractivity contribution in [1.82, 2.24) is 14.5 Å². The first-order valence-corrected chi connectivity index (χ1v) is 16.2. The molecular weight excluding hydrogens is 567 g/mol. The van der Waals surface area contributed by atoms with Crippen molar-refractivity contribution in [2.24, 2.45) is 0 Å². The second kappa shape index (κ2) is 8.87. The van der Waals surface area contributed by atoms with Crippen LogP contribution in [0.5, 0.6) is 0 Å². The van der Waals surface area contributed by atoms with Crippen LogP contribution in [0, 0.1) is 0 Å². The Labute approximate surface area is 264 Å². The van der Waals surface area contributed by atoms with E-state index in [1.165, 1.54) is 53.9 Å². The van der Waals surface area contributed by atoms with Crippen LogP contribution in [0.3, 0.4) is 0 Å². The fourth-order valence-corrected chi connectivity index (χ4v) is 8.72. The summed E-state index contributed by atoms with van der Waals surface area (Å²) >= 11 is 1.78. The van der Waals surface area contributed by atoms with Gasteiger partial charge in [-0.3, -0.25) is 4.57 Å². The molecule has 0 spiro atoms. The van der Waals surface area contributed by atoms with Crippen molar-refractivity contribution in [3.63, 3.8) is 0 Å². The molecule has 3 heterocycles. The number of nitrogens with zero attached hydrogens (tertiary/aromatic N) is 3. The Kier molecular flexibility index (Phi) is 4.94. The molecule has 0 aliphatic heterocycles. The summed E-state index contributed by atoms with van der Waals surface area (Å²) in [4.78, 5) is 10.8. The van der Waals surface area contributed by atoms with Gasteiger partial charge in [-0.15, -0.1) is 11.3 Å². The van der Waals surface area contributed by atoms with Crippen LogP contribution in [0.15, 0.2) is 127 Å². The number of hydrogen-bond donors (Lipinski definition) is 0. The van der Waals surface area contributed by atoms with Gasteiger partial charge >= 0.3 is 0 Å². The molecule has 0 unspecified atom stereocenters. The number of benzene rings is 6. The van der Waals surface area contributed by atoms with Crippen molar-refractivity contribution in [2.75, 3.05) is 0 Å². The molecule has 1 aliphatic carbocycles. The molecule has 3 aromatic heterocycles. The average Bonchev–Trinajstić information content (AvgIpc) is 3.69. The van der Waals surface area contributed by atoms with Gasteiger partial charge in [0.05, 0.1) is 21.3 Å². The van der Waals surface area contributed by atoms with E-state index in [9.17, 15) is 0 Å². The highest BCUT2D eigenvalue weighted by Gasteiger charge is 2.35. The van der Waals surface area contributed by atoms with Gasteiger partial charge in [0.2, 0.25) is 0 Å². The molecule has 9 aromatic rings. The normalized spacial score (nSPS) is 13.7. The second-order valence-electron chi connectivity index (χ2n) is 12.6. The molecule has 45 heavy (non-hydrogen) atoms. The number of para-hydroxylation sites is 1. The molecule has 0 N–H and O–H groups in total. The van der Waals surface area contributed by atoms with Crippen LogP contribution in [0.2, 0.25) is 0 Å². The molecule has 0 bridgehead atoms. The van der Waals surface area contributed by atoms with Gasteiger partial charge in [-0.25, -0.2) is 9.97 Å². The van der Waals surface area contributed by atoms with E-state index < -0.39 is 0 Å². The highest BCUT2D eigenvalue weighted by molar-refractivity contribution is 7.26.